The topological polar surface area (TPSA) is 61.4 Å². The number of hydrogen-bond donors (Lipinski definition) is 2. The van der Waals surface area contributed by atoms with E-state index in [1.807, 2.05) is 49.4 Å². The second kappa shape index (κ2) is 8.04. The van der Waals surface area contributed by atoms with Crippen LogP contribution in [0.25, 0.3) is 0 Å². The van der Waals surface area contributed by atoms with Crippen molar-refractivity contribution in [2.45, 2.75) is 32.7 Å². The normalized spacial score (nSPS) is 15.5. The van der Waals surface area contributed by atoms with Crippen LogP contribution in [-0.2, 0) is 22.4 Å². The molecule has 1 atom stereocenters. The van der Waals surface area contributed by atoms with Gasteiger partial charge in [-0.25, -0.2) is 0 Å². The van der Waals surface area contributed by atoms with Gasteiger partial charge in [-0.15, -0.1) is 0 Å². The van der Waals surface area contributed by atoms with Gasteiger partial charge in [-0.05, 0) is 43.0 Å². The van der Waals surface area contributed by atoms with Gasteiger partial charge in [-0.1, -0.05) is 43.3 Å². The Morgan fingerprint density at radius 1 is 1.08 bits per heavy atom. The number of nitrogens with zero attached hydrogens (tertiary/aromatic N) is 1. The van der Waals surface area contributed by atoms with Crippen LogP contribution in [0.1, 0.15) is 25.0 Å². The molecule has 1 aliphatic heterocycles. The number of nitrogens with one attached hydrogen (secondary N) is 2. The summed E-state index contributed by atoms with van der Waals surface area (Å²) in [5.74, 6) is -0.360. The summed E-state index contributed by atoms with van der Waals surface area (Å²) in [7, 11) is 0. The van der Waals surface area contributed by atoms with E-state index in [4.69, 9.17) is 0 Å². The summed E-state index contributed by atoms with van der Waals surface area (Å²) in [6, 6.07) is 16.1. The van der Waals surface area contributed by atoms with Crippen molar-refractivity contribution in [1.82, 2.24) is 5.32 Å². The molecule has 0 unspecified atom stereocenters. The zero-order valence-corrected chi connectivity index (χ0v) is 15.3. The van der Waals surface area contributed by atoms with Crippen LogP contribution in [-0.4, -0.2) is 30.9 Å². The second-order valence-electron chi connectivity index (χ2n) is 6.65. The first kappa shape index (κ1) is 18.0. The maximum absolute atomic E-state index is 12.3. The van der Waals surface area contributed by atoms with E-state index in [0.29, 0.717) is 0 Å². The maximum atomic E-state index is 12.3. The van der Waals surface area contributed by atoms with Gasteiger partial charge in [0, 0.05) is 17.4 Å². The Hall–Kier alpha value is -2.82. The summed E-state index contributed by atoms with van der Waals surface area (Å²) in [5.41, 5.74) is 4.25. The minimum absolute atomic E-state index is 0.0270. The predicted molar refractivity (Wildman–Crippen MR) is 104 cm³/mol. The van der Waals surface area contributed by atoms with Gasteiger partial charge in [0.2, 0.25) is 11.8 Å². The lowest BCUT2D eigenvalue weighted by atomic mass is 10.1. The van der Waals surface area contributed by atoms with Crippen LogP contribution in [0.3, 0.4) is 0 Å². The van der Waals surface area contributed by atoms with Gasteiger partial charge in [-0.2, -0.15) is 0 Å². The zero-order chi connectivity index (χ0) is 18.5. The van der Waals surface area contributed by atoms with Gasteiger partial charge in [0.05, 0.1) is 13.1 Å². The Bertz CT molecular complexity index is 803. The number of anilines is 2. The van der Waals surface area contributed by atoms with Gasteiger partial charge in [0.1, 0.15) is 0 Å². The molecule has 0 spiro atoms. The molecular formula is C21H25N3O2. The molecule has 5 heteroatoms. The molecule has 1 aliphatic rings. The maximum Gasteiger partial charge on any atom is 0.243 e. The molecular weight excluding hydrogens is 326 g/mol. The number of para-hydroxylation sites is 2. The molecule has 0 radical (unpaired) electrons. The first-order chi connectivity index (χ1) is 12.6. The highest BCUT2D eigenvalue weighted by molar-refractivity contribution is 5.95. The summed E-state index contributed by atoms with van der Waals surface area (Å²) >= 11 is 0. The molecule has 0 bridgehead atoms. The van der Waals surface area contributed by atoms with Gasteiger partial charge < -0.3 is 15.5 Å². The van der Waals surface area contributed by atoms with E-state index in [0.717, 1.165) is 29.8 Å². The average molecular weight is 351 g/mol. The molecule has 0 saturated heterocycles. The Labute approximate surface area is 154 Å². The summed E-state index contributed by atoms with van der Waals surface area (Å²) < 4.78 is 0. The fourth-order valence-electron chi connectivity index (χ4n) is 3.40. The molecule has 2 aromatic rings. The summed E-state index contributed by atoms with van der Waals surface area (Å²) in [4.78, 5) is 26.5. The third-order valence-corrected chi connectivity index (χ3v) is 4.78. The number of carbonyl (C=O) groups is 2. The van der Waals surface area contributed by atoms with Crippen molar-refractivity contribution in [3.63, 3.8) is 0 Å². The van der Waals surface area contributed by atoms with Gasteiger partial charge >= 0.3 is 0 Å². The van der Waals surface area contributed by atoms with E-state index in [1.54, 1.807) is 0 Å². The lowest BCUT2D eigenvalue weighted by Gasteiger charge is -2.24. The number of hydrogen-bond acceptors (Lipinski definition) is 3. The second-order valence-corrected chi connectivity index (χ2v) is 6.65. The van der Waals surface area contributed by atoms with Gasteiger partial charge in [-0.3, -0.25) is 9.59 Å². The summed E-state index contributed by atoms with van der Waals surface area (Å²) in [5, 5.41) is 5.59. The van der Waals surface area contributed by atoms with E-state index in [9.17, 15) is 9.59 Å². The first-order valence-corrected chi connectivity index (χ1v) is 9.07. The van der Waals surface area contributed by atoms with Crippen LogP contribution in [0, 0.1) is 0 Å². The molecule has 0 aromatic heterocycles. The average Bonchev–Trinajstić information content (AvgIpc) is 2.96. The van der Waals surface area contributed by atoms with Crippen molar-refractivity contribution in [3.05, 3.63) is 59.7 Å². The minimum Gasteiger partial charge on any atom is -0.359 e. The number of amides is 2. The lowest BCUT2D eigenvalue weighted by molar-refractivity contribution is -0.123. The number of benzene rings is 2. The van der Waals surface area contributed by atoms with E-state index in [-0.39, 0.29) is 30.9 Å². The number of carbonyl (C=O) groups excluding carboxylic acids is 2. The quantitative estimate of drug-likeness (QED) is 0.841. The smallest absolute Gasteiger partial charge is 0.243 e. The SMILES string of the molecule is CCc1ccccc1NC(=O)CNC(=O)CN1c2ccccc2C[C@@H]1C. The van der Waals surface area contributed by atoms with Crippen LogP contribution < -0.4 is 15.5 Å². The van der Waals surface area contributed by atoms with Crippen LogP contribution in [0.15, 0.2) is 48.5 Å². The first-order valence-electron chi connectivity index (χ1n) is 9.07. The van der Waals surface area contributed by atoms with Crippen molar-refractivity contribution < 1.29 is 9.59 Å². The van der Waals surface area contributed by atoms with Crippen molar-refractivity contribution in [3.8, 4) is 0 Å². The van der Waals surface area contributed by atoms with Gasteiger partial charge in [0.15, 0.2) is 0 Å². The number of rotatable bonds is 6. The highest BCUT2D eigenvalue weighted by Gasteiger charge is 2.27. The van der Waals surface area contributed by atoms with Crippen LogP contribution >= 0.6 is 0 Å². The highest BCUT2D eigenvalue weighted by atomic mass is 16.2. The molecule has 26 heavy (non-hydrogen) atoms. The molecule has 0 saturated carbocycles. The highest BCUT2D eigenvalue weighted by Crippen LogP contribution is 2.31. The van der Waals surface area contributed by atoms with Crippen molar-refractivity contribution in [1.29, 1.82) is 0 Å². The molecule has 2 amide bonds. The lowest BCUT2D eigenvalue weighted by Crippen LogP contribution is -2.42. The van der Waals surface area contributed by atoms with Crippen LogP contribution in [0.4, 0.5) is 11.4 Å². The zero-order valence-electron chi connectivity index (χ0n) is 15.3. The van der Waals surface area contributed by atoms with E-state index in [2.05, 4.69) is 28.5 Å². The minimum atomic E-state index is -0.214. The largest absolute Gasteiger partial charge is 0.359 e. The van der Waals surface area contributed by atoms with Crippen molar-refractivity contribution in [2.75, 3.05) is 23.3 Å². The van der Waals surface area contributed by atoms with E-state index < -0.39 is 0 Å². The molecule has 2 aromatic carbocycles. The summed E-state index contributed by atoms with van der Waals surface area (Å²) in [6.07, 6.45) is 1.78. The standard InChI is InChI=1S/C21H25N3O2/c1-3-16-8-4-6-10-18(16)23-20(25)13-22-21(26)14-24-15(2)12-17-9-5-7-11-19(17)24/h4-11,15H,3,12-14H2,1-2H3,(H,22,26)(H,23,25)/t15-/m0/s1. The Kier molecular flexibility index (Phi) is 5.56. The van der Waals surface area contributed by atoms with Gasteiger partial charge in [0.25, 0.3) is 0 Å². The fraction of sp³-hybridized carbons (Fsp3) is 0.333. The number of aryl methyl sites for hydroxylation is 1. The van der Waals surface area contributed by atoms with E-state index in [1.165, 1.54) is 5.56 Å². The Balaban J connectivity index is 1.52. The molecule has 2 N–H and O–H groups in total. The predicted octanol–water partition coefficient (Wildman–Crippen LogP) is 2.75. The van der Waals surface area contributed by atoms with Crippen LogP contribution in [0.5, 0.6) is 0 Å². The third-order valence-electron chi connectivity index (χ3n) is 4.78. The molecule has 1 heterocycles. The third kappa shape index (κ3) is 4.04. The molecule has 0 fully saturated rings. The number of fused-ring (bicyclic) bond motifs is 1. The Morgan fingerprint density at radius 2 is 1.81 bits per heavy atom. The molecule has 5 nitrogen and oxygen atoms in total. The van der Waals surface area contributed by atoms with Crippen molar-refractivity contribution >= 4 is 23.2 Å². The molecule has 0 aliphatic carbocycles. The monoisotopic (exact) mass is 351 g/mol. The fourth-order valence-corrected chi connectivity index (χ4v) is 3.40. The van der Waals surface area contributed by atoms with Crippen molar-refractivity contribution in [2.24, 2.45) is 0 Å². The Morgan fingerprint density at radius 3 is 2.62 bits per heavy atom. The van der Waals surface area contributed by atoms with E-state index >= 15 is 0 Å². The molecule has 136 valence electrons. The molecule has 3 rings (SSSR count). The summed E-state index contributed by atoms with van der Waals surface area (Å²) in [6.45, 7) is 4.39. The van der Waals surface area contributed by atoms with Crippen LogP contribution in [0.2, 0.25) is 0 Å².